The van der Waals surface area contributed by atoms with Crippen LogP contribution in [0.3, 0.4) is 0 Å². The third-order valence-corrected chi connectivity index (χ3v) is 4.27. The van der Waals surface area contributed by atoms with Gasteiger partial charge in [0.2, 0.25) is 0 Å². The number of hydrogen-bond acceptors (Lipinski definition) is 5. The average Bonchev–Trinajstić information content (AvgIpc) is 3.32. The van der Waals surface area contributed by atoms with Gasteiger partial charge in [-0.2, -0.15) is 0 Å². The Labute approximate surface area is 142 Å². The lowest BCUT2D eigenvalue weighted by Gasteiger charge is -2.42. The van der Waals surface area contributed by atoms with E-state index in [-0.39, 0.29) is 12.1 Å². The number of anilines is 1. The molecular weight excluding hydrogens is 308 g/mol. The molecule has 0 bridgehead atoms. The first-order chi connectivity index (χ1) is 11.4. The molecule has 2 heterocycles. The fourth-order valence-electron chi connectivity index (χ4n) is 3.17. The normalized spacial score (nSPS) is 23.2. The van der Waals surface area contributed by atoms with Crippen LogP contribution in [0.15, 0.2) is 6.20 Å². The Hall–Kier alpha value is -1.73. The van der Waals surface area contributed by atoms with Crippen LogP contribution in [-0.2, 0) is 9.47 Å². The summed E-state index contributed by atoms with van der Waals surface area (Å²) in [6.07, 6.45) is 3.84. The van der Waals surface area contributed by atoms with Gasteiger partial charge in [-0.05, 0) is 33.6 Å². The highest BCUT2D eigenvalue weighted by Gasteiger charge is 2.36. The SMILES string of the molecule is COC[C@@H]1CN(C(=O)Nc2cnc(C)nc2C2CC2)CC(C)(C)O1. The Morgan fingerprint density at radius 2 is 2.25 bits per heavy atom. The molecule has 2 fully saturated rings. The molecule has 7 heteroatoms. The first-order valence-corrected chi connectivity index (χ1v) is 8.44. The van der Waals surface area contributed by atoms with Gasteiger partial charge in [0.1, 0.15) is 5.82 Å². The van der Waals surface area contributed by atoms with Crippen LogP contribution >= 0.6 is 0 Å². The van der Waals surface area contributed by atoms with E-state index >= 15 is 0 Å². The van der Waals surface area contributed by atoms with Crippen molar-refractivity contribution in [2.75, 3.05) is 32.1 Å². The van der Waals surface area contributed by atoms with E-state index in [0.717, 1.165) is 30.0 Å². The van der Waals surface area contributed by atoms with Crippen molar-refractivity contribution in [2.45, 2.75) is 51.2 Å². The minimum absolute atomic E-state index is 0.123. The van der Waals surface area contributed by atoms with Crippen molar-refractivity contribution in [1.29, 1.82) is 0 Å². The number of rotatable bonds is 4. The predicted molar refractivity (Wildman–Crippen MR) is 90.2 cm³/mol. The van der Waals surface area contributed by atoms with E-state index in [1.807, 2.05) is 20.8 Å². The number of methoxy groups -OCH3 is 1. The van der Waals surface area contributed by atoms with Gasteiger partial charge in [0, 0.05) is 13.0 Å². The van der Waals surface area contributed by atoms with Crippen molar-refractivity contribution < 1.29 is 14.3 Å². The van der Waals surface area contributed by atoms with Crippen molar-refractivity contribution in [1.82, 2.24) is 14.9 Å². The lowest BCUT2D eigenvalue weighted by molar-refractivity contribution is -0.141. The van der Waals surface area contributed by atoms with E-state index < -0.39 is 5.60 Å². The molecule has 3 rings (SSSR count). The van der Waals surface area contributed by atoms with E-state index in [9.17, 15) is 4.79 Å². The van der Waals surface area contributed by atoms with Gasteiger partial charge in [-0.1, -0.05) is 0 Å². The van der Waals surface area contributed by atoms with Gasteiger partial charge >= 0.3 is 6.03 Å². The van der Waals surface area contributed by atoms with E-state index in [4.69, 9.17) is 9.47 Å². The summed E-state index contributed by atoms with van der Waals surface area (Å²) in [4.78, 5) is 23.3. The van der Waals surface area contributed by atoms with Crippen LogP contribution in [0.5, 0.6) is 0 Å². The van der Waals surface area contributed by atoms with E-state index in [1.165, 1.54) is 0 Å². The van der Waals surface area contributed by atoms with Crippen LogP contribution in [0.2, 0.25) is 0 Å². The zero-order valence-electron chi connectivity index (χ0n) is 14.8. The number of aromatic nitrogens is 2. The van der Waals surface area contributed by atoms with Crippen molar-refractivity contribution in [3.8, 4) is 0 Å². The summed E-state index contributed by atoms with van der Waals surface area (Å²) in [5.41, 5.74) is 1.28. The van der Waals surface area contributed by atoms with Crippen LogP contribution in [-0.4, -0.2) is 59.4 Å². The van der Waals surface area contributed by atoms with Crippen LogP contribution in [0, 0.1) is 6.92 Å². The van der Waals surface area contributed by atoms with Crippen molar-refractivity contribution in [2.24, 2.45) is 0 Å². The second-order valence-corrected chi connectivity index (χ2v) is 7.26. The molecule has 0 spiro atoms. The van der Waals surface area contributed by atoms with E-state index in [0.29, 0.717) is 25.6 Å². The Balaban J connectivity index is 1.72. The molecule has 1 aliphatic heterocycles. The zero-order valence-corrected chi connectivity index (χ0v) is 14.8. The number of amides is 2. The molecule has 2 amide bonds. The Morgan fingerprint density at radius 3 is 2.92 bits per heavy atom. The van der Waals surface area contributed by atoms with Gasteiger partial charge in [0.15, 0.2) is 0 Å². The maximum absolute atomic E-state index is 12.7. The highest BCUT2D eigenvalue weighted by atomic mass is 16.5. The minimum atomic E-state index is -0.401. The Kier molecular flexibility index (Phi) is 4.73. The Morgan fingerprint density at radius 1 is 1.50 bits per heavy atom. The largest absolute Gasteiger partial charge is 0.382 e. The number of hydrogen-bond donors (Lipinski definition) is 1. The third-order valence-electron chi connectivity index (χ3n) is 4.27. The summed E-state index contributed by atoms with van der Waals surface area (Å²) < 4.78 is 11.2. The van der Waals surface area contributed by atoms with Crippen LogP contribution < -0.4 is 5.32 Å². The molecule has 7 nitrogen and oxygen atoms in total. The summed E-state index contributed by atoms with van der Waals surface area (Å²) in [6.45, 7) is 7.35. The summed E-state index contributed by atoms with van der Waals surface area (Å²) in [5.74, 6) is 1.19. The number of morpholine rings is 1. The number of nitrogens with one attached hydrogen (secondary N) is 1. The first-order valence-electron chi connectivity index (χ1n) is 8.44. The number of aryl methyl sites for hydroxylation is 1. The topological polar surface area (TPSA) is 76.6 Å². The highest BCUT2D eigenvalue weighted by Crippen LogP contribution is 2.42. The molecule has 0 radical (unpaired) electrons. The lowest BCUT2D eigenvalue weighted by Crippen LogP contribution is -2.56. The fourth-order valence-corrected chi connectivity index (χ4v) is 3.17. The highest BCUT2D eigenvalue weighted by molar-refractivity contribution is 5.90. The smallest absolute Gasteiger partial charge is 0.322 e. The third kappa shape index (κ3) is 4.02. The zero-order chi connectivity index (χ0) is 17.3. The molecule has 1 aliphatic carbocycles. The number of nitrogens with zero attached hydrogens (tertiary/aromatic N) is 3. The van der Waals surface area contributed by atoms with Gasteiger partial charge in [-0.25, -0.2) is 14.8 Å². The lowest BCUT2D eigenvalue weighted by atomic mass is 10.1. The monoisotopic (exact) mass is 334 g/mol. The molecule has 1 aromatic heterocycles. The number of carbonyl (C=O) groups excluding carboxylic acids is 1. The predicted octanol–water partition coefficient (Wildman–Crippen LogP) is 2.32. The second-order valence-electron chi connectivity index (χ2n) is 7.26. The molecular formula is C17H26N4O3. The number of carbonyl (C=O) groups is 1. The van der Waals surface area contributed by atoms with Gasteiger partial charge < -0.3 is 19.7 Å². The maximum atomic E-state index is 12.7. The molecule has 0 unspecified atom stereocenters. The number of urea groups is 1. The van der Waals surface area contributed by atoms with Crippen molar-refractivity contribution in [3.05, 3.63) is 17.7 Å². The minimum Gasteiger partial charge on any atom is -0.382 e. The van der Waals surface area contributed by atoms with Crippen LogP contribution in [0.25, 0.3) is 0 Å². The molecule has 24 heavy (non-hydrogen) atoms. The van der Waals surface area contributed by atoms with Crippen molar-refractivity contribution in [3.63, 3.8) is 0 Å². The van der Waals surface area contributed by atoms with Crippen molar-refractivity contribution >= 4 is 11.7 Å². The quantitative estimate of drug-likeness (QED) is 0.914. The fraction of sp³-hybridized carbons (Fsp3) is 0.706. The van der Waals surface area contributed by atoms with Gasteiger partial charge in [0.25, 0.3) is 0 Å². The average molecular weight is 334 g/mol. The van der Waals surface area contributed by atoms with Crippen LogP contribution in [0.4, 0.5) is 10.5 Å². The molecule has 1 N–H and O–H groups in total. The molecule has 1 saturated carbocycles. The van der Waals surface area contributed by atoms with E-state index in [2.05, 4.69) is 15.3 Å². The maximum Gasteiger partial charge on any atom is 0.322 e. The number of ether oxygens (including phenoxy) is 2. The molecule has 2 aliphatic rings. The standard InChI is InChI=1S/C17H26N4O3/c1-11-18-7-14(15(19-11)12-5-6-12)20-16(22)21-8-13(9-23-4)24-17(2,3)10-21/h7,12-13H,5-6,8-10H2,1-4H3,(H,20,22)/t13-/m0/s1. The van der Waals surface area contributed by atoms with Gasteiger partial charge in [0.05, 0.1) is 49.0 Å². The second kappa shape index (κ2) is 6.64. The summed E-state index contributed by atoms with van der Waals surface area (Å²) >= 11 is 0. The molecule has 0 aromatic carbocycles. The summed E-state index contributed by atoms with van der Waals surface area (Å²) in [7, 11) is 1.64. The van der Waals surface area contributed by atoms with Gasteiger partial charge in [-0.3, -0.25) is 0 Å². The van der Waals surface area contributed by atoms with Crippen LogP contribution in [0.1, 0.15) is 44.1 Å². The molecule has 1 aromatic rings. The van der Waals surface area contributed by atoms with Gasteiger partial charge in [-0.15, -0.1) is 0 Å². The molecule has 1 atom stereocenters. The summed E-state index contributed by atoms with van der Waals surface area (Å²) in [6, 6.07) is -0.137. The first kappa shape index (κ1) is 17.1. The molecule has 1 saturated heterocycles. The van der Waals surface area contributed by atoms with E-state index in [1.54, 1.807) is 18.2 Å². The Bertz CT molecular complexity index is 616. The summed E-state index contributed by atoms with van der Waals surface area (Å²) in [5, 5.41) is 2.99. The molecule has 132 valence electrons.